The minimum Gasteiger partial charge on any atom is -0.431 e. The summed E-state index contributed by atoms with van der Waals surface area (Å²) < 4.78 is 40.6. The molecule has 3 saturated heterocycles. The van der Waals surface area contributed by atoms with Crippen LogP contribution in [0.15, 0.2) is 60.1 Å². The minimum absolute atomic E-state index is 0.0186. The fraction of sp³-hybridized carbons (Fsp3) is 0.674. The lowest BCUT2D eigenvalue weighted by Crippen LogP contribution is -2.60. The molecule has 3 aliphatic rings. The number of imide groups is 1. The van der Waals surface area contributed by atoms with E-state index in [0.717, 1.165) is 25.9 Å². The van der Waals surface area contributed by atoms with E-state index >= 15 is 4.79 Å². The number of benzene rings is 2. The molecular weight excluding hydrogens is 1580 g/mol. The zero-order valence-electron chi connectivity index (χ0n) is 73.5. The molecule has 35 heteroatoms. The molecule has 6 rings (SSSR count). The molecule has 3 aliphatic heterocycles. The van der Waals surface area contributed by atoms with Gasteiger partial charge in [0.1, 0.15) is 29.2 Å². The van der Waals surface area contributed by atoms with Crippen LogP contribution >= 0.6 is 11.3 Å². The Labute approximate surface area is 716 Å². The van der Waals surface area contributed by atoms with Crippen molar-refractivity contribution in [1.82, 2.24) is 61.0 Å². The van der Waals surface area contributed by atoms with Gasteiger partial charge in [-0.15, -0.1) is 11.3 Å². The number of nitrogens with two attached hydrogens (primary N) is 1. The van der Waals surface area contributed by atoms with Crippen LogP contribution in [-0.4, -0.2) is 294 Å². The third-order valence-corrected chi connectivity index (χ3v) is 23.3. The smallest absolute Gasteiger partial charge is 0.411 e. The highest BCUT2D eigenvalue weighted by Gasteiger charge is 2.45. The van der Waals surface area contributed by atoms with Crippen molar-refractivity contribution in [3.63, 3.8) is 0 Å². The number of anilines is 1. The highest BCUT2D eigenvalue weighted by Crippen LogP contribution is 2.33. The predicted molar refractivity (Wildman–Crippen MR) is 453 cm³/mol. The lowest BCUT2D eigenvalue weighted by Gasteiger charge is -2.41. The van der Waals surface area contributed by atoms with Gasteiger partial charge in [0.25, 0.3) is 5.91 Å². The lowest BCUT2D eigenvalue weighted by atomic mass is 9.89. The number of rotatable bonds is 53. The van der Waals surface area contributed by atoms with Crippen LogP contribution in [0.5, 0.6) is 0 Å². The number of carbonyl (C=O) groups is 13. The number of amides is 13. The molecule has 3 fully saturated rings. The number of methoxy groups -OCH3 is 2. The van der Waals surface area contributed by atoms with Gasteiger partial charge >= 0.3 is 6.09 Å². The van der Waals surface area contributed by atoms with Crippen LogP contribution in [0.3, 0.4) is 0 Å². The molecule has 3 aromatic rings. The summed E-state index contributed by atoms with van der Waals surface area (Å²) in [6, 6.07) is 8.08. The number of thiazole rings is 1. The quantitative estimate of drug-likeness (QED) is 0.0280. The maximum atomic E-state index is 15.2. The number of carbonyl (C=O) groups excluding carboxylic acids is 13. The summed E-state index contributed by atoms with van der Waals surface area (Å²) in [7, 11) is 8.00. The number of hydrogen-bond acceptors (Lipinski definition) is 23. The number of aryl methyl sites for hydroxylation is 1. The molecule has 0 saturated carbocycles. The minimum atomic E-state index is -1.55. The number of unbranched alkanes of at least 4 members (excludes halogenated alkanes) is 1. The Morgan fingerprint density at radius 2 is 1.27 bits per heavy atom. The molecule has 12 atom stereocenters. The van der Waals surface area contributed by atoms with E-state index in [-0.39, 0.29) is 158 Å². The van der Waals surface area contributed by atoms with E-state index < -0.39 is 132 Å². The molecule has 674 valence electrons. The van der Waals surface area contributed by atoms with Gasteiger partial charge in [0.15, 0.2) is 0 Å². The maximum absolute atomic E-state index is 15.2. The van der Waals surface area contributed by atoms with Crippen LogP contribution < -0.4 is 37.6 Å². The SMILES string of the molecule is CC[C@H](C)[C@@H]([C@@H](CC(=O)N1CCC[C@H]1[C@H](OC)[C@@H](C)C(=O)N[C@@H](Cc1ccc(C)cc1)c1nccs1)OC)N(C)C(=O)[C@@H](NC(=O)[C@H](C(C)C)N(C)C(=O)OC(C(=O)N1CCN(C)CC1)c1ccc(NC(=O)[C@H](CCCCC(N)=O)NC(=O)[C@@H](NC(=O)CCOCCOCCOCCOCCNC(=O)CCN2C(=O)CCC2=O)C(C)C)cc1)C(C)C. The Balaban J connectivity index is 1.04. The van der Waals surface area contributed by atoms with Crippen molar-refractivity contribution in [1.29, 1.82) is 0 Å². The van der Waals surface area contributed by atoms with E-state index in [9.17, 15) is 57.5 Å². The first-order valence-electron chi connectivity index (χ1n) is 42.5. The first-order valence-corrected chi connectivity index (χ1v) is 43.4. The van der Waals surface area contributed by atoms with E-state index in [1.54, 1.807) is 76.6 Å². The van der Waals surface area contributed by atoms with Gasteiger partial charge in [-0.1, -0.05) is 117 Å². The average Bonchev–Trinajstić information content (AvgIpc) is 1.18. The number of primary amides is 1. The standard InChI is InChI=1S/C86H134N14O20S/c1-16-58(9)76(66(114-14)53-72(106)99-37-19-21-65(99)77(115-15)59(10)79(107)92-64(83-89-36-51-121-83)52-60-25-23-57(8)24-26-60)96(12)84(111)74(55(4)5)94-82(110)75(56(6)7)97(13)86(113)120-78(85(112)98-41-39-95(11)40-42-98)61-27-29-62(30-28-61)90-80(108)63(20-17-18-22-67(87)101)91-81(109)73(54(2)3)93-69(103)34-43-116-45-47-118-49-50-119-48-46-117-44-35-88-68(102)33-38-100-70(104)31-32-71(100)105/h23-30,36,51,54-56,58-59,63-66,73-78H,16-22,31-35,37-50,52-53H2,1-15H3,(H2,87,101)(H,88,102)(H,90,108)(H,91,109)(H,92,107)(H,93,103)(H,94,110)/t58-,59+,63-,64-,65-,66+,73-,74-,75-,76-,77+,78?/m0/s1. The zero-order chi connectivity index (χ0) is 89.0. The lowest BCUT2D eigenvalue weighted by molar-refractivity contribution is -0.148. The number of nitrogens with one attached hydrogen (secondary N) is 6. The molecule has 0 aliphatic carbocycles. The number of piperazine rings is 1. The summed E-state index contributed by atoms with van der Waals surface area (Å²) in [5.41, 5.74) is 8.08. The van der Waals surface area contributed by atoms with E-state index in [2.05, 4.69) is 41.8 Å². The highest BCUT2D eigenvalue weighted by molar-refractivity contribution is 7.09. The van der Waals surface area contributed by atoms with Gasteiger partial charge in [-0.25, -0.2) is 9.78 Å². The fourth-order valence-electron chi connectivity index (χ4n) is 15.1. The third-order valence-electron chi connectivity index (χ3n) is 22.4. The Morgan fingerprint density at radius 1 is 0.653 bits per heavy atom. The molecule has 0 spiro atoms. The Kier molecular flexibility index (Phi) is 43.1. The molecule has 34 nitrogen and oxygen atoms in total. The molecule has 2 aromatic carbocycles. The first kappa shape index (κ1) is 101. The van der Waals surface area contributed by atoms with Crippen molar-refractivity contribution < 1.29 is 95.5 Å². The van der Waals surface area contributed by atoms with E-state index in [1.165, 1.54) is 49.8 Å². The molecule has 1 unspecified atom stereocenters. The van der Waals surface area contributed by atoms with Crippen LogP contribution in [0.4, 0.5) is 10.5 Å². The second-order valence-electron chi connectivity index (χ2n) is 32.5. The van der Waals surface area contributed by atoms with Gasteiger partial charge in [-0.3, -0.25) is 67.3 Å². The molecule has 121 heavy (non-hydrogen) atoms. The van der Waals surface area contributed by atoms with Gasteiger partial charge in [0, 0.05) is 129 Å². The van der Waals surface area contributed by atoms with E-state index in [1.807, 2.05) is 64.4 Å². The Bertz CT molecular complexity index is 3800. The van der Waals surface area contributed by atoms with Crippen LogP contribution in [0.25, 0.3) is 0 Å². The molecule has 1 aromatic heterocycles. The van der Waals surface area contributed by atoms with Crippen LogP contribution in [0, 0.1) is 36.5 Å². The molecule has 0 radical (unpaired) electrons. The summed E-state index contributed by atoms with van der Waals surface area (Å²) in [5.74, 6) is -7.61. The zero-order valence-corrected chi connectivity index (χ0v) is 74.3. The number of hydrogen-bond donors (Lipinski definition) is 7. The monoisotopic (exact) mass is 1710 g/mol. The van der Waals surface area contributed by atoms with Crippen molar-refractivity contribution in [2.75, 3.05) is 139 Å². The predicted octanol–water partition coefficient (Wildman–Crippen LogP) is 5.24. The van der Waals surface area contributed by atoms with Crippen LogP contribution in [0.1, 0.15) is 173 Å². The summed E-state index contributed by atoms with van der Waals surface area (Å²) in [5, 5.41) is 19.9. The molecule has 0 bridgehead atoms. The molecule has 4 heterocycles. The normalized spacial score (nSPS) is 17.2. The van der Waals surface area contributed by atoms with Crippen molar-refractivity contribution in [2.45, 2.75) is 213 Å². The topological polar surface area (TPSA) is 417 Å². The highest BCUT2D eigenvalue weighted by atomic mass is 32.1. The number of nitrogens with zero attached hydrogens (tertiary/aromatic N) is 7. The molecular formula is C86H134N14O20S. The van der Waals surface area contributed by atoms with Crippen molar-refractivity contribution in [2.24, 2.45) is 35.3 Å². The summed E-state index contributed by atoms with van der Waals surface area (Å²) >= 11 is 1.46. The van der Waals surface area contributed by atoms with Crippen molar-refractivity contribution in [3.05, 3.63) is 81.8 Å². The van der Waals surface area contributed by atoms with Gasteiger partial charge in [0.2, 0.25) is 71.1 Å². The van der Waals surface area contributed by atoms with Crippen molar-refractivity contribution >= 4 is 94.0 Å². The van der Waals surface area contributed by atoms with Gasteiger partial charge in [0.05, 0.1) is 95.5 Å². The van der Waals surface area contributed by atoms with Crippen molar-refractivity contribution in [3.8, 4) is 0 Å². The summed E-state index contributed by atoms with van der Waals surface area (Å²) in [4.78, 5) is 191. The van der Waals surface area contributed by atoms with E-state index in [0.29, 0.717) is 71.2 Å². The number of ether oxygens (including phenoxy) is 7. The van der Waals surface area contributed by atoms with Gasteiger partial charge in [-0.05, 0) is 87.4 Å². The van der Waals surface area contributed by atoms with Crippen LogP contribution in [0.2, 0.25) is 0 Å². The Morgan fingerprint density at radius 3 is 1.84 bits per heavy atom. The largest absolute Gasteiger partial charge is 0.431 e. The maximum Gasteiger partial charge on any atom is 0.411 e. The average molecular weight is 1720 g/mol. The second kappa shape index (κ2) is 51.7. The van der Waals surface area contributed by atoms with Crippen LogP contribution in [-0.2, 0) is 97.1 Å². The van der Waals surface area contributed by atoms with Gasteiger partial charge in [-0.2, -0.15) is 0 Å². The Hall–Kier alpha value is -9.10. The molecule has 13 amide bonds. The third kappa shape index (κ3) is 31.9. The second-order valence-corrected chi connectivity index (χ2v) is 33.5. The fourth-order valence-corrected chi connectivity index (χ4v) is 15.8. The number of likely N-dealkylation sites (N-methyl/N-ethyl adjacent to an activating group) is 3. The number of likely N-dealkylation sites (tertiary alicyclic amines) is 2. The number of aromatic nitrogens is 1. The summed E-state index contributed by atoms with van der Waals surface area (Å²) in [6.07, 6.45) is 0.985. The van der Waals surface area contributed by atoms with Gasteiger partial charge < -0.3 is 90.4 Å². The van der Waals surface area contributed by atoms with E-state index in [4.69, 9.17) is 38.9 Å². The first-order chi connectivity index (χ1) is 57.7. The molecule has 8 N–H and O–H groups in total. The summed E-state index contributed by atoms with van der Waals surface area (Å²) in [6.45, 7) is 22.5.